The van der Waals surface area contributed by atoms with Gasteiger partial charge in [-0.3, -0.25) is 19.2 Å². The summed E-state index contributed by atoms with van der Waals surface area (Å²) in [6.07, 6.45) is 9.27. The predicted octanol–water partition coefficient (Wildman–Crippen LogP) is 5.94. The minimum absolute atomic E-state index is 0.261. The van der Waals surface area contributed by atoms with Gasteiger partial charge in [-0.1, -0.05) is 66.2 Å². The van der Waals surface area contributed by atoms with E-state index in [0.29, 0.717) is 37.5 Å². The number of hydrogen-bond acceptors (Lipinski definition) is 5. The van der Waals surface area contributed by atoms with Crippen LogP contribution in [0, 0.1) is 47.3 Å². The predicted molar refractivity (Wildman–Crippen MR) is 132 cm³/mol. The maximum atomic E-state index is 12.9. The molecule has 7 nitrogen and oxygen atoms in total. The van der Waals surface area contributed by atoms with Crippen molar-refractivity contribution in [3.63, 3.8) is 0 Å². The van der Waals surface area contributed by atoms with E-state index in [0.717, 1.165) is 51.4 Å². The quantitative estimate of drug-likeness (QED) is 0.254. The smallest absolute Gasteiger partial charge is 0.317 e. The zero-order chi connectivity index (χ0) is 26.1. The van der Waals surface area contributed by atoms with Gasteiger partial charge in [0.25, 0.3) is 0 Å². The lowest BCUT2D eigenvalue weighted by atomic mass is 9.72. The monoisotopic (exact) mass is 494 g/mol. The van der Waals surface area contributed by atoms with E-state index in [-0.39, 0.29) is 11.8 Å². The second-order valence-electron chi connectivity index (χ2n) is 11.9. The highest BCUT2D eigenvalue weighted by Gasteiger charge is 2.44. The summed E-state index contributed by atoms with van der Waals surface area (Å²) in [7, 11) is 0. The molecule has 2 aliphatic rings. The Morgan fingerprint density at radius 1 is 0.657 bits per heavy atom. The normalized spacial score (nSPS) is 29.2. The summed E-state index contributed by atoms with van der Waals surface area (Å²) in [5.41, 5.74) is 0. The minimum atomic E-state index is -1.03. The van der Waals surface area contributed by atoms with Crippen molar-refractivity contribution in [2.45, 2.75) is 105 Å². The van der Waals surface area contributed by atoms with Gasteiger partial charge >= 0.3 is 23.9 Å². The Morgan fingerprint density at radius 2 is 1.03 bits per heavy atom. The van der Waals surface area contributed by atoms with Crippen molar-refractivity contribution in [3.05, 3.63) is 0 Å². The Balaban J connectivity index is 1.94. The van der Waals surface area contributed by atoms with Gasteiger partial charge in [-0.15, -0.1) is 0 Å². The van der Waals surface area contributed by atoms with Gasteiger partial charge < -0.3 is 14.9 Å². The van der Waals surface area contributed by atoms with Crippen LogP contribution in [-0.4, -0.2) is 34.1 Å². The van der Waals surface area contributed by atoms with Crippen LogP contribution in [0.25, 0.3) is 0 Å². The molecule has 2 aliphatic carbocycles. The average molecular weight is 495 g/mol. The van der Waals surface area contributed by atoms with Crippen LogP contribution >= 0.6 is 0 Å². The molecule has 7 heteroatoms. The Bertz CT molecular complexity index is 669. The molecule has 2 rings (SSSR count). The molecular formula is C28H46O7. The molecule has 0 amide bonds. The topological polar surface area (TPSA) is 118 Å². The lowest BCUT2D eigenvalue weighted by Gasteiger charge is -2.34. The van der Waals surface area contributed by atoms with Gasteiger partial charge in [-0.25, -0.2) is 0 Å². The summed E-state index contributed by atoms with van der Waals surface area (Å²) in [6, 6.07) is 0. The van der Waals surface area contributed by atoms with E-state index < -0.39 is 47.5 Å². The van der Waals surface area contributed by atoms with Crippen LogP contribution in [0.3, 0.4) is 0 Å². The number of carboxylic acid groups (broad SMARTS) is 2. The molecule has 200 valence electrons. The summed E-state index contributed by atoms with van der Waals surface area (Å²) < 4.78 is 5.18. The molecule has 0 spiro atoms. The molecule has 0 aromatic rings. The van der Waals surface area contributed by atoms with Crippen molar-refractivity contribution in [3.8, 4) is 0 Å². The SMILES string of the molecule is CC(C)CCCC1CCC(C(=O)OC(=O)C2CCC(CCCC(C)C)CC2C(=O)O)C(C(=O)O)C1. The van der Waals surface area contributed by atoms with Gasteiger partial charge in [-0.2, -0.15) is 0 Å². The molecule has 0 saturated heterocycles. The third-order valence-corrected chi connectivity index (χ3v) is 8.15. The zero-order valence-corrected chi connectivity index (χ0v) is 22.0. The van der Waals surface area contributed by atoms with Crippen LogP contribution in [-0.2, 0) is 23.9 Å². The van der Waals surface area contributed by atoms with Crippen LogP contribution in [0.5, 0.6) is 0 Å². The highest BCUT2D eigenvalue weighted by atomic mass is 16.6. The molecule has 2 N–H and O–H groups in total. The number of ether oxygens (including phenoxy) is 1. The lowest BCUT2D eigenvalue weighted by molar-refractivity contribution is -0.175. The molecule has 0 aromatic carbocycles. The Morgan fingerprint density at radius 3 is 1.34 bits per heavy atom. The van der Waals surface area contributed by atoms with Crippen LogP contribution in [0.1, 0.15) is 105 Å². The number of hydrogen-bond donors (Lipinski definition) is 2. The second kappa shape index (κ2) is 14.0. The third-order valence-electron chi connectivity index (χ3n) is 8.15. The molecule has 35 heavy (non-hydrogen) atoms. The van der Waals surface area contributed by atoms with E-state index in [1.165, 1.54) is 0 Å². The van der Waals surface area contributed by atoms with E-state index in [2.05, 4.69) is 27.7 Å². The van der Waals surface area contributed by atoms with Crippen LogP contribution in [0.4, 0.5) is 0 Å². The van der Waals surface area contributed by atoms with Crippen LogP contribution in [0.2, 0.25) is 0 Å². The van der Waals surface area contributed by atoms with Crippen molar-refractivity contribution in [2.75, 3.05) is 0 Å². The highest BCUT2D eigenvalue weighted by molar-refractivity contribution is 5.92. The summed E-state index contributed by atoms with van der Waals surface area (Å²) in [6.45, 7) is 8.66. The molecule has 2 saturated carbocycles. The molecule has 0 bridgehead atoms. The first kappa shape index (κ1) is 29.3. The number of carboxylic acids is 2. The number of carbonyl (C=O) groups excluding carboxylic acids is 2. The van der Waals surface area contributed by atoms with E-state index in [4.69, 9.17) is 4.74 Å². The Kier molecular flexibility index (Phi) is 11.7. The number of carbonyl (C=O) groups is 4. The molecule has 6 atom stereocenters. The maximum absolute atomic E-state index is 12.9. The lowest BCUT2D eigenvalue weighted by Crippen LogP contribution is -2.41. The van der Waals surface area contributed by atoms with Gasteiger partial charge in [0.15, 0.2) is 0 Å². The van der Waals surface area contributed by atoms with Crippen molar-refractivity contribution in [2.24, 2.45) is 47.3 Å². The van der Waals surface area contributed by atoms with E-state index in [9.17, 15) is 29.4 Å². The van der Waals surface area contributed by atoms with E-state index in [1.54, 1.807) is 0 Å². The molecule has 0 aromatic heterocycles. The molecule has 0 radical (unpaired) electrons. The summed E-state index contributed by atoms with van der Waals surface area (Å²) in [5.74, 6) is -5.36. The summed E-state index contributed by atoms with van der Waals surface area (Å²) in [4.78, 5) is 49.6. The fraction of sp³-hybridized carbons (Fsp3) is 0.857. The molecule has 0 heterocycles. The molecule has 6 unspecified atom stereocenters. The number of rotatable bonds is 12. The maximum Gasteiger partial charge on any atom is 0.317 e. The first-order valence-corrected chi connectivity index (χ1v) is 13.7. The summed E-state index contributed by atoms with van der Waals surface area (Å²) in [5, 5.41) is 19.5. The molecule has 0 aliphatic heterocycles. The van der Waals surface area contributed by atoms with Crippen molar-refractivity contribution >= 4 is 23.9 Å². The van der Waals surface area contributed by atoms with Crippen molar-refractivity contribution in [1.29, 1.82) is 0 Å². The molecule has 2 fully saturated rings. The minimum Gasteiger partial charge on any atom is -0.481 e. The highest BCUT2D eigenvalue weighted by Crippen LogP contribution is 2.40. The standard InChI is InChI=1S/C28H46O7/c1-17(2)7-5-9-19-11-13-21(23(15-19)25(29)30)27(33)35-28(34)22-14-12-20(10-6-8-18(3)4)16-24(22)26(31)32/h17-24H,5-16H2,1-4H3,(H,29,30)(H,31,32). The van der Waals surface area contributed by atoms with Crippen molar-refractivity contribution in [1.82, 2.24) is 0 Å². The van der Waals surface area contributed by atoms with Gasteiger partial charge in [0.1, 0.15) is 0 Å². The largest absolute Gasteiger partial charge is 0.481 e. The fourth-order valence-electron chi connectivity index (χ4n) is 6.03. The third kappa shape index (κ3) is 9.23. The zero-order valence-electron chi connectivity index (χ0n) is 22.0. The van der Waals surface area contributed by atoms with Crippen LogP contribution < -0.4 is 0 Å². The number of esters is 2. The fourth-order valence-corrected chi connectivity index (χ4v) is 6.03. The van der Waals surface area contributed by atoms with Gasteiger partial charge in [0.2, 0.25) is 0 Å². The van der Waals surface area contributed by atoms with Gasteiger partial charge in [0, 0.05) is 0 Å². The van der Waals surface area contributed by atoms with E-state index in [1.807, 2.05) is 0 Å². The van der Waals surface area contributed by atoms with Crippen LogP contribution in [0.15, 0.2) is 0 Å². The Hall–Kier alpha value is -1.92. The average Bonchev–Trinajstić information content (AvgIpc) is 2.78. The summed E-state index contributed by atoms with van der Waals surface area (Å²) >= 11 is 0. The first-order valence-electron chi connectivity index (χ1n) is 13.7. The van der Waals surface area contributed by atoms with Gasteiger partial charge in [0.05, 0.1) is 23.7 Å². The first-order chi connectivity index (χ1) is 16.5. The van der Waals surface area contributed by atoms with Gasteiger partial charge in [-0.05, 0) is 62.2 Å². The Labute approximate surface area is 210 Å². The van der Waals surface area contributed by atoms with E-state index >= 15 is 0 Å². The second-order valence-corrected chi connectivity index (χ2v) is 11.9. The molecular weight excluding hydrogens is 448 g/mol. The number of aliphatic carboxylic acids is 2. The van der Waals surface area contributed by atoms with Crippen molar-refractivity contribution < 1.29 is 34.1 Å².